The molecule has 0 saturated carbocycles. The Hall–Kier alpha value is -1.46. The van der Waals surface area contributed by atoms with Gasteiger partial charge in [-0.15, -0.1) is 0 Å². The third kappa shape index (κ3) is 5.67. The molecule has 0 amide bonds. The van der Waals surface area contributed by atoms with E-state index in [4.69, 9.17) is 9.47 Å². The summed E-state index contributed by atoms with van der Waals surface area (Å²) in [4.78, 5) is 11.0. The molecule has 0 spiro atoms. The van der Waals surface area contributed by atoms with Crippen LogP contribution in [0.25, 0.3) is 0 Å². The zero-order valence-corrected chi connectivity index (χ0v) is 12.3. The molecule has 0 bridgehead atoms. The lowest BCUT2D eigenvalue weighted by Gasteiger charge is -2.09. The summed E-state index contributed by atoms with van der Waals surface area (Å²) >= 11 is 0. The summed E-state index contributed by atoms with van der Waals surface area (Å²) in [6.07, 6.45) is 0. The van der Waals surface area contributed by atoms with E-state index in [1.54, 1.807) is 20.8 Å². The summed E-state index contributed by atoms with van der Waals surface area (Å²) in [5, 5.41) is 3.18. The second kappa shape index (κ2) is 8.66. The number of nitrogens with one attached hydrogen (secondary N) is 1. The largest absolute Gasteiger partial charge is 0.464 e. The van der Waals surface area contributed by atoms with E-state index in [2.05, 4.69) is 5.32 Å². The lowest BCUT2D eigenvalue weighted by Crippen LogP contribution is -2.22. The van der Waals surface area contributed by atoms with E-state index in [1.165, 1.54) is 0 Å². The van der Waals surface area contributed by atoms with Crippen LogP contribution in [0.15, 0.2) is 12.1 Å². The molecule has 0 fully saturated rings. The van der Waals surface area contributed by atoms with E-state index >= 15 is 0 Å². The fraction of sp³-hybridized carbons (Fsp3) is 0.533. The molecule has 0 unspecified atom stereocenters. The van der Waals surface area contributed by atoms with Crippen molar-refractivity contribution in [1.29, 1.82) is 0 Å². The number of aryl methyl sites for hydroxylation is 2. The highest BCUT2D eigenvalue weighted by atomic mass is 19.1. The van der Waals surface area contributed by atoms with Crippen LogP contribution in [0, 0.1) is 19.7 Å². The molecule has 1 aromatic rings. The van der Waals surface area contributed by atoms with Crippen molar-refractivity contribution in [3.8, 4) is 0 Å². The Morgan fingerprint density at radius 2 is 1.95 bits per heavy atom. The molecule has 20 heavy (non-hydrogen) atoms. The molecule has 0 heterocycles. The van der Waals surface area contributed by atoms with E-state index in [9.17, 15) is 9.18 Å². The Morgan fingerprint density at radius 1 is 1.30 bits per heavy atom. The SMILES string of the molecule is CCOC(=O)COCCNCc1cc(C)c(F)c(C)c1. The van der Waals surface area contributed by atoms with Crippen LogP contribution in [0.4, 0.5) is 4.39 Å². The van der Waals surface area contributed by atoms with E-state index in [1.807, 2.05) is 12.1 Å². The molecule has 4 nitrogen and oxygen atoms in total. The lowest BCUT2D eigenvalue weighted by atomic mass is 10.1. The van der Waals surface area contributed by atoms with Gasteiger partial charge in [-0.1, -0.05) is 12.1 Å². The first-order valence-corrected chi connectivity index (χ1v) is 6.74. The van der Waals surface area contributed by atoms with Gasteiger partial charge in [-0.25, -0.2) is 9.18 Å². The second-order valence-electron chi connectivity index (χ2n) is 4.58. The van der Waals surface area contributed by atoms with Crippen LogP contribution in [0.2, 0.25) is 0 Å². The first-order valence-electron chi connectivity index (χ1n) is 6.74. The van der Waals surface area contributed by atoms with Gasteiger partial charge in [0.2, 0.25) is 0 Å². The van der Waals surface area contributed by atoms with Crippen LogP contribution in [0.3, 0.4) is 0 Å². The number of carbonyl (C=O) groups is 1. The standard InChI is InChI=1S/C15H22FNO3/c1-4-20-14(18)10-19-6-5-17-9-13-7-11(2)15(16)12(3)8-13/h7-8,17H,4-6,9-10H2,1-3H3. The quantitative estimate of drug-likeness (QED) is 0.586. The average Bonchev–Trinajstić information content (AvgIpc) is 2.40. The van der Waals surface area contributed by atoms with Gasteiger partial charge >= 0.3 is 5.97 Å². The van der Waals surface area contributed by atoms with Crippen LogP contribution in [-0.4, -0.2) is 32.3 Å². The minimum absolute atomic E-state index is 0.0235. The molecule has 1 aromatic carbocycles. The number of rotatable bonds is 8. The summed E-state index contributed by atoms with van der Waals surface area (Å²) in [6.45, 7) is 7.31. The molecule has 0 saturated heterocycles. The van der Waals surface area contributed by atoms with E-state index in [0.717, 1.165) is 5.56 Å². The highest BCUT2D eigenvalue weighted by Gasteiger charge is 2.04. The third-order valence-corrected chi connectivity index (χ3v) is 2.77. The number of benzene rings is 1. The van der Waals surface area contributed by atoms with Gasteiger partial charge in [0.25, 0.3) is 0 Å². The molecule has 0 aliphatic carbocycles. The topological polar surface area (TPSA) is 47.6 Å². The third-order valence-electron chi connectivity index (χ3n) is 2.77. The predicted octanol–water partition coefficient (Wildman–Crippen LogP) is 2.11. The highest BCUT2D eigenvalue weighted by molar-refractivity contribution is 5.70. The van der Waals surface area contributed by atoms with Gasteiger partial charge < -0.3 is 14.8 Å². The van der Waals surface area contributed by atoms with Gasteiger partial charge in [0.1, 0.15) is 12.4 Å². The molecule has 112 valence electrons. The van der Waals surface area contributed by atoms with Crippen molar-refractivity contribution < 1.29 is 18.7 Å². The van der Waals surface area contributed by atoms with E-state index in [0.29, 0.717) is 37.4 Å². The van der Waals surface area contributed by atoms with E-state index < -0.39 is 0 Å². The second-order valence-corrected chi connectivity index (χ2v) is 4.58. The van der Waals surface area contributed by atoms with Crippen LogP contribution in [-0.2, 0) is 20.8 Å². The van der Waals surface area contributed by atoms with Crippen LogP contribution >= 0.6 is 0 Å². The average molecular weight is 283 g/mol. The zero-order valence-electron chi connectivity index (χ0n) is 12.3. The number of esters is 1. The Balaban J connectivity index is 2.20. The Labute approximate surface area is 119 Å². The summed E-state index contributed by atoms with van der Waals surface area (Å²) in [6, 6.07) is 3.66. The molecule has 0 aliphatic heterocycles. The van der Waals surface area contributed by atoms with Crippen LogP contribution < -0.4 is 5.32 Å². The van der Waals surface area contributed by atoms with E-state index in [-0.39, 0.29) is 18.4 Å². The number of halogens is 1. The summed E-state index contributed by atoms with van der Waals surface area (Å²) in [5.74, 6) is -0.496. The van der Waals surface area contributed by atoms with Gasteiger partial charge in [-0.3, -0.25) is 0 Å². The molecular formula is C15H22FNO3. The van der Waals surface area contributed by atoms with Gasteiger partial charge in [0.05, 0.1) is 13.2 Å². The Bertz CT molecular complexity index is 426. The maximum absolute atomic E-state index is 13.5. The van der Waals surface area contributed by atoms with Crippen molar-refractivity contribution in [1.82, 2.24) is 5.32 Å². The number of hydrogen-bond acceptors (Lipinski definition) is 4. The normalized spacial score (nSPS) is 10.6. The molecule has 0 atom stereocenters. The maximum atomic E-state index is 13.5. The smallest absolute Gasteiger partial charge is 0.332 e. The number of hydrogen-bond donors (Lipinski definition) is 1. The van der Waals surface area contributed by atoms with Gasteiger partial charge in [-0.2, -0.15) is 0 Å². The maximum Gasteiger partial charge on any atom is 0.332 e. The molecular weight excluding hydrogens is 261 g/mol. The Kier molecular flexibility index (Phi) is 7.18. The van der Waals surface area contributed by atoms with Crippen molar-refractivity contribution in [3.05, 3.63) is 34.6 Å². The Morgan fingerprint density at radius 3 is 2.55 bits per heavy atom. The minimum atomic E-state index is -0.350. The van der Waals surface area contributed by atoms with Crippen molar-refractivity contribution in [2.75, 3.05) is 26.4 Å². The van der Waals surface area contributed by atoms with Gasteiger partial charge in [0.15, 0.2) is 0 Å². The number of carbonyl (C=O) groups excluding carboxylic acids is 1. The first-order chi connectivity index (χ1) is 9.54. The molecule has 1 rings (SSSR count). The first kappa shape index (κ1) is 16.6. The lowest BCUT2D eigenvalue weighted by molar-refractivity contribution is -0.148. The fourth-order valence-electron chi connectivity index (χ4n) is 1.87. The molecule has 0 aromatic heterocycles. The molecule has 5 heteroatoms. The monoisotopic (exact) mass is 283 g/mol. The van der Waals surface area contributed by atoms with Crippen molar-refractivity contribution >= 4 is 5.97 Å². The van der Waals surface area contributed by atoms with Gasteiger partial charge in [-0.05, 0) is 37.5 Å². The summed E-state index contributed by atoms with van der Waals surface area (Å²) in [7, 11) is 0. The minimum Gasteiger partial charge on any atom is -0.464 e. The van der Waals surface area contributed by atoms with Crippen molar-refractivity contribution in [2.24, 2.45) is 0 Å². The molecule has 0 aliphatic rings. The zero-order chi connectivity index (χ0) is 15.0. The highest BCUT2D eigenvalue weighted by Crippen LogP contribution is 2.14. The molecule has 0 radical (unpaired) electrons. The van der Waals surface area contributed by atoms with Crippen molar-refractivity contribution in [3.63, 3.8) is 0 Å². The number of ether oxygens (including phenoxy) is 2. The van der Waals surface area contributed by atoms with Gasteiger partial charge in [0, 0.05) is 13.1 Å². The summed E-state index contributed by atoms with van der Waals surface area (Å²) < 4.78 is 23.3. The van der Waals surface area contributed by atoms with Crippen LogP contribution in [0.5, 0.6) is 0 Å². The van der Waals surface area contributed by atoms with Crippen molar-refractivity contribution in [2.45, 2.75) is 27.3 Å². The predicted molar refractivity (Wildman–Crippen MR) is 75.0 cm³/mol. The molecule has 1 N–H and O–H groups in total. The summed E-state index contributed by atoms with van der Waals surface area (Å²) in [5.41, 5.74) is 2.34. The van der Waals surface area contributed by atoms with Crippen LogP contribution in [0.1, 0.15) is 23.6 Å². The fourth-order valence-corrected chi connectivity index (χ4v) is 1.87.